The van der Waals surface area contributed by atoms with E-state index in [0.29, 0.717) is 12.5 Å². The number of esters is 1. The van der Waals surface area contributed by atoms with Gasteiger partial charge in [-0.15, -0.1) is 0 Å². The van der Waals surface area contributed by atoms with E-state index < -0.39 is 0 Å². The molecule has 0 amide bonds. The fourth-order valence-corrected chi connectivity index (χ4v) is 5.39. The molecule has 1 fully saturated rings. The fraction of sp³-hybridized carbons (Fsp3) is 0.524. The number of rotatable bonds is 4. The zero-order chi connectivity index (χ0) is 18.4. The predicted octanol–water partition coefficient (Wildman–Crippen LogP) is 3.04. The van der Waals surface area contributed by atoms with Crippen LogP contribution in [0.2, 0.25) is 0 Å². The standard InChI is InChI=1S/C21H26N2O3/c1-4-13-12-23(9-10-24)17-11-15(13)19(21(25)26-3)18-14-7-5-6-8-16(14)22(2)20(17)18/h5-8,10,13,15,17,19H,4,9,11-12H2,1-3H3/t13-,15+,17+,19+/m1/s1. The van der Waals surface area contributed by atoms with E-state index in [-0.39, 0.29) is 23.8 Å². The largest absolute Gasteiger partial charge is 0.469 e. The molecule has 138 valence electrons. The SMILES string of the molecule is CC[C@@H]1CN(CC=O)[C@H]2C[C@@H]1[C@H](C(=O)OC)c1c2n(C)c2ccccc12. The maximum Gasteiger partial charge on any atom is 0.313 e. The van der Waals surface area contributed by atoms with E-state index in [1.165, 1.54) is 12.8 Å². The molecule has 1 saturated heterocycles. The normalized spacial score (nSPS) is 28.0. The number of hydrogen-bond donors (Lipinski definition) is 0. The van der Waals surface area contributed by atoms with Crippen LogP contribution < -0.4 is 0 Å². The first-order chi connectivity index (χ1) is 12.6. The molecule has 2 aromatic rings. The van der Waals surface area contributed by atoms with E-state index in [1.54, 1.807) is 0 Å². The number of para-hydroxylation sites is 1. The molecule has 0 N–H and O–H groups in total. The van der Waals surface area contributed by atoms with Gasteiger partial charge in [-0.1, -0.05) is 31.5 Å². The number of carbonyl (C=O) groups is 2. The lowest BCUT2D eigenvalue weighted by molar-refractivity contribution is -0.146. The van der Waals surface area contributed by atoms with Crippen molar-refractivity contribution in [2.45, 2.75) is 31.7 Å². The molecule has 5 nitrogen and oxygen atoms in total. The second kappa shape index (κ2) is 6.54. The van der Waals surface area contributed by atoms with Crippen molar-refractivity contribution in [2.75, 3.05) is 20.2 Å². The summed E-state index contributed by atoms with van der Waals surface area (Å²) in [4.78, 5) is 26.4. The number of methoxy groups -OCH3 is 1. The third-order valence-electron chi connectivity index (χ3n) is 6.55. The van der Waals surface area contributed by atoms with E-state index in [4.69, 9.17) is 4.74 Å². The summed E-state index contributed by atoms with van der Waals surface area (Å²) in [5.41, 5.74) is 3.43. The summed E-state index contributed by atoms with van der Waals surface area (Å²) in [6.45, 7) is 3.48. The van der Waals surface area contributed by atoms with Crippen LogP contribution in [0.5, 0.6) is 0 Å². The summed E-state index contributed by atoms with van der Waals surface area (Å²) in [5, 5.41) is 1.14. The van der Waals surface area contributed by atoms with Gasteiger partial charge < -0.3 is 14.1 Å². The number of likely N-dealkylation sites (tertiary alicyclic amines) is 1. The van der Waals surface area contributed by atoms with Crippen molar-refractivity contribution >= 4 is 23.2 Å². The quantitative estimate of drug-likeness (QED) is 0.626. The molecule has 1 aromatic heterocycles. The molecule has 0 spiro atoms. The van der Waals surface area contributed by atoms with Gasteiger partial charge >= 0.3 is 5.97 Å². The minimum atomic E-state index is -0.222. The number of piperidine rings is 1. The molecule has 0 saturated carbocycles. The van der Waals surface area contributed by atoms with Crippen molar-refractivity contribution in [1.82, 2.24) is 9.47 Å². The smallest absolute Gasteiger partial charge is 0.313 e. The maximum atomic E-state index is 12.9. The number of fused-ring (bicyclic) bond motifs is 6. The first-order valence-electron chi connectivity index (χ1n) is 9.45. The second-order valence-corrected chi connectivity index (χ2v) is 7.58. The number of aldehydes is 1. The van der Waals surface area contributed by atoms with Crippen LogP contribution in [-0.2, 0) is 21.4 Å². The van der Waals surface area contributed by atoms with Crippen LogP contribution in [0.1, 0.15) is 43.0 Å². The number of aryl methyl sites for hydroxylation is 1. The molecule has 0 unspecified atom stereocenters. The minimum Gasteiger partial charge on any atom is -0.469 e. The van der Waals surface area contributed by atoms with E-state index in [1.807, 2.05) is 12.1 Å². The summed E-state index contributed by atoms with van der Waals surface area (Å²) in [7, 11) is 3.56. The van der Waals surface area contributed by atoms with Gasteiger partial charge in [0, 0.05) is 30.2 Å². The third kappa shape index (κ3) is 2.33. The highest BCUT2D eigenvalue weighted by Gasteiger charge is 2.50. The fourth-order valence-electron chi connectivity index (χ4n) is 5.39. The molecule has 2 heterocycles. The van der Waals surface area contributed by atoms with Gasteiger partial charge in [0.05, 0.1) is 25.6 Å². The average molecular weight is 354 g/mol. The Morgan fingerprint density at radius 3 is 2.81 bits per heavy atom. The Hall–Kier alpha value is -2.14. The molecule has 4 rings (SSSR count). The lowest BCUT2D eigenvalue weighted by Gasteiger charge is -2.49. The average Bonchev–Trinajstić information content (AvgIpc) is 2.96. The second-order valence-electron chi connectivity index (χ2n) is 7.58. The highest BCUT2D eigenvalue weighted by Crippen LogP contribution is 2.54. The number of nitrogens with zero attached hydrogens (tertiary/aromatic N) is 2. The Kier molecular flexibility index (Phi) is 4.35. The van der Waals surface area contributed by atoms with Gasteiger partial charge in [0.2, 0.25) is 0 Å². The van der Waals surface area contributed by atoms with Crippen LogP contribution in [0.3, 0.4) is 0 Å². The van der Waals surface area contributed by atoms with Gasteiger partial charge in [-0.05, 0) is 29.9 Å². The number of aromatic nitrogens is 1. The molecule has 1 aliphatic heterocycles. The van der Waals surface area contributed by atoms with Crippen LogP contribution in [-0.4, -0.2) is 41.9 Å². The molecule has 2 aliphatic rings. The number of hydrogen-bond acceptors (Lipinski definition) is 4. The minimum absolute atomic E-state index is 0.131. The first kappa shape index (κ1) is 17.3. The van der Waals surface area contributed by atoms with Gasteiger partial charge in [0.1, 0.15) is 6.29 Å². The monoisotopic (exact) mass is 354 g/mol. The van der Waals surface area contributed by atoms with Crippen LogP contribution in [0.15, 0.2) is 24.3 Å². The van der Waals surface area contributed by atoms with Gasteiger partial charge in [-0.3, -0.25) is 9.69 Å². The van der Waals surface area contributed by atoms with Gasteiger partial charge in [0.15, 0.2) is 0 Å². The van der Waals surface area contributed by atoms with Crippen molar-refractivity contribution < 1.29 is 14.3 Å². The Labute approximate surface area is 153 Å². The van der Waals surface area contributed by atoms with Crippen molar-refractivity contribution in [3.63, 3.8) is 0 Å². The van der Waals surface area contributed by atoms with E-state index in [0.717, 1.165) is 42.1 Å². The zero-order valence-corrected chi connectivity index (χ0v) is 15.6. The highest BCUT2D eigenvalue weighted by atomic mass is 16.5. The van der Waals surface area contributed by atoms with E-state index in [2.05, 4.69) is 35.6 Å². The molecule has 26 heavy (non-hydrogen) atoms. The lowest BCUT2D eigenvalue weighted by atomic mass is 9.65. The third-order valence-corrected chi connectivity index (χ3v) is 6.55. The summed E-state index contributed by atoms with van der Waals surface area (Å²) in [6, 6.07) is 8.46. The molecule has 1 aromatic carbocycles. The topological polar surface area (TPSA) is 51.5 Å². The molecule has 4 atom stereocenters. The summed E-state index contributed by atoms with van der Waals surface area (Å²) in [5.74, 6) is 0.301. The highest BCUT2D eigenvalue weighted by molar-refractivity contribution is 5.92. The lowest BCUT2D eigenvalue weighted by Crippen LogP contribution is -2.49. The molecule has 5 heteroatoms. The van der Waals surface area contributed by atoms with Crippen molar-refractivity contribution in [3.05, 3.63) is 35.5 Å². The number of carbonyl (C=O) groups excluding carboxylic acids is 2. The van der Waals surface area contributed by atoms with Gasteiger partial charge in [-0.25, -0.2) is 0 Å². The van der Waals surface area contributed by atoms with Crippen LogP contribution in [0, 0.1) is 11.8 Å². The Morgan fingerprint density at radius 1 is 1.35 bits per heavy atom. The van der Waals surface area contributed by atoms with Crippen molar-refractivity contribution in [3.8, 4) is 0 Å². The van der Waals surface area contributed by atoms with E-state index >= 15 is 0 Å². The Morgan fingerprint density at radius 2 is 2.12 bits per heavy atom. The molecule has 1 aliphatic carbocycles. The van der Waals surface area contributed by atoms with Gasteiger partial charge in [0.25, 0.3) is 0 Å². The Balaban J connectivity index is 1.99. The molecule has 0 radical (unpaired) electrons. The molecule has 2 bridgehead atoms. The number of ether oxygens (including phenoxy) is 1. The van der Waals surface area contributed by atoms with Crippen LogP contribution >= 0.6 is 0 Å². The first-order valence-corrected chi connectivity index (χ1v) is 9.45. The van der Waals surface area contributed by atoms with Crippen molar-refractivity contribution in [1.29, 1.82) is 0 Å². The maximum absolute atomic E-state index is 12.9. The van der Waals surface area contributed by atoms with Crippen molar-refractivity contribution in [2.24, 2.45) is 18.9 Å². The Bertz CT molecular complexity index is 856. The predicted molar refractivity (Wildman–Crippen MR) is 99.9 cm³/mol. The summed E-state index contributed by atoms with van der Waals surface area (Å²) >= 11 is 0. The molecular weight excluding hydrogens is 328 g/mol. The van der Waals surface area contributed by atoms with Crippen LogP contribution in [0.4, 0.5) is 0 Å². The van der Waals surface area contributed by atoms with E-state index in [9.17, 15) is 9.59 Å². The van der Waals surface area contributed by atoms with Gasteiger partial charge in [-0.2, -0.15) is 0 Å². The summed E-state index contributed by atoms with van der Waals surface area (Å²) < 4.78 is 7.46. The number of benzene rings is 1. The molecular formula is C21H26N2O3. The summed E-state index contributed by atoms with van der Waals surface area (Å²) in [6.07, 6.45) is 2.91. The zero-order valence-electron chi connectivity index (χ0n) is 15.6. The van der Waals surface area contributed by atoms with Crippen LogP contribution in [0.25, 0.3) is 10.9 Å².